The molecule has 2 aromatic rings. The highest BCUT2D eigenvalue weighted by atomic mass is 16.5. The molecule has 1 amide bonds. The summed E-state index contributed by atoms with van der Waals surface area (Å²) < 4.78 is 12.1. The van der Waals surface area contributed by atoms with E-state index in [1.807, 2.05) is 61.5 Å². The number of unbranched alkanes of at least 4 members (excludes halogenated alkanes) is 2. The maximum atomic E-state index is 13.7. The van der Waals surface area contributed by atoms with Crippen molar-refractivity contribution in [2.75, 3.05) is 13.2 Å². The number of aryl methyl sites for hydroxylation is 1. The maximum absolute atomic E-state index is 13.7. The lowest BCUT2D eigenvalue weighted by molar-refractivity contribution is -0.164. The summed E-state index contributed by atoms with van der Waals surface area (Å²) in [5.41, 5.74) is 1.12. The molecule has 42 heavy (non-hydrogen) atoms. The number of nitrogens with zero attached hydrogens (tertiary/aromatic N) is 1. The molecule has 0 bridgehead atoms. The number of hydrogen-bond acceptors (Lipinski definition) is 6. The SMILES string of the molecule is CCC(C)(C)C(=O)C(=O)N1CCCC[C@H]1C(=O)OC(CCc1ccccc1)c1cccc(OCCCCCC(=O)O)c1. The normalized spacial score (nSPS) is 16.0. The number of rotatable bonds is 16. The number of ether oxygens (including phenoxy) is 2. The fourth-order valence-corrected chi connectivity index (χ4v) is 5.00. The van der Waals surface area contributed by atoms with E-state index in [2.05, 4.69) is 0 Å². The van der Waals surface area contributed by atoms with Crippen molar-refractivity contribution in [3.05, 3.63) is 65.7 Å². The molecule has 0 saturated carbocycles. The van der Waals surface area contributed by atoms with Gasteiger partial charge in [0.1, 0.15) is 17.9 Å². The van der Waals surface area contributed by atoms with E-state index in [-0.39, 0.29) is 6.42 Å². The molecule has 8 heteroatoms. The highest BCUT2D eigenvalue weighted by molar-refractivity contribution is 6.38. The lowest BCUT2D eigenvalue weighted by Crippen LogP contribution is -2.53. The molecule has 1 fully saturated rings. The molecule has 1 saturated heterocycles. The Morgan fingerprint density at radius 1 is 1.00 bits per heavy atom. The van der Waals surface area contributed by atoms with Crippen molar-refractivity contribution < 1.29 is 33.8 Å². The lowest BCUT2D eigenvalue weighted by Gasteiger charge is -2.36. The second-order valence-electron chi connectivity index (χ2n) is 11.7. The monoisotopic (exact) mass is 579 g/mol. The molecule has 1 unspecified atom stereocenters. The minimum Gasteiger partial charge on any atom is -0.494 e. The van der Waals surface area contributed by atoms with Crippen molar-refractivity contribution in [3.8, 4) is 5.75 Å². The van der Waals surface area contributed by atoms with Gasteiger partial charge in [-0.2, -0.15) is 0 Å². The highest BCUT2D eigenvalue weighted by Gasteiger charge is 2.41. The van der Waals surface area contributed by atoms with E-state index in [4.69, 9.17) is 14.6 Å². The van der Waals surface area contributed by atoms with Gasteiger partial charge in [-0.25, -0.2) is 4.79 Å². The smallest absolute Gasteiger partial charge is 0.329 e. The number of piperidine rings is 1. The van der Waals surface area contributed by atoms with Crippen LogP contribution in [0.1, 0.15) is 95.8 Å². The summed E-state index contributed by atoms with van der Waals surface area (Å²) in [5, 5.41) is 8.80. The van der Waals surface area contributed by atoms with Crippen molar-refractivity contribution in [2.24, 2.45) is 5.41 Å². The van der Waals surface area contributed by atoms with Crippen LogP contribution in [0.2, 0.25) is 0 Å². The van der Waals surface area contributed by atoms with E-state index in [9.17, 15) is 19.2 Å². The van der Waals surface area contributed by atoms with Crippen molar-refractivity contribution >= 4 is 23.6 Å². The number of aliphatic carboxylic acids is 1. The van der Waals surface area contributed by atoms with Gasteiger partial charge in [-0.05, 0) is 81.0 Å². The van der Waals surface area contributed by atoms with Gasteiger partial charge in [-0.3, -0.25) is 14.4 Å². The quantitative estimate of drug-likeness (QED) is 0.141. The highest BCUT2D eigenvalue weighted by Crippen LogP contribution is 2.30. The summed E-state index contributed by atoms with van der Waals surface area (Å²) >= 11 is 0. The molecule has 228 valence electrons. The molecule has 0 radical (unpaired) electrons. The standard InChI is InChI=1S/C34H45NO7/c1-4-34(2,3)31(38)32(39)35-22-11-10-18-28(35)33(40)42-29(21-20-25-14-7-5-8-15-25)26-16-13-17-27(24-26)41-23-12-6-9-19-30(36)37/h5,7-8,13-17,24,28-29H,4,6,9-12,18-23H2,1-3H3,(H,36,37)/t28-,29?/m0/s1. The number of carbonyl (C=O) groups excluding carboxylic acids is 3. The van der Waals surface area contributed by atoms with Crippen LogP contribution in [0.5, 0.6) is 5.75 Å². The third-order valence-corrected chi connectivity index (χ3v) is 8.06. The van der Waals surface area contributed by atoms with Crippen LogP contribution in [0.15, 0.2) is 54.6 Å². The van der Waals surface area contributed by atoms with Crippen molar-refractivity contribution in [2.45, 2.75) is 97.1 Å². The van der Waals surface area contributed by atoms with Gasteiger partial charge in [-0.15, -0.1) is 0 Å². The first-order valence-electron chi connectivity index (χ1n) is 15.2. The molecule has 1 N–H and O–H groups in total. The molecule has 0 spiro atoms. The average molecular weight is 580 g/mol. The van der Waals surface area contributed by atoms with Gasteiger partial charge in [0, 0.05) is 18.4 Å². The van der Waals surface area contributed by atoms with Gasteiger partial charge in [0.15, 0.2) is 0 Å². The molecule has 0 aliphatic carbocycles. The maximum Gasteiger partial charge on any atom is 0.329 e. The number of esters is 1. The van der Waals surface area contributed by atoms with E-state index >= 15 is 0 Å². The minimum atomic E-state index is -0.799. The number of Topliss-reactive ketones (excluding diaryl/α,β-unsaturated/α-hetero) is 1. The topological polar surface area (TPSA) is 110 Å². The van der Waals surface area contributed by atoms with Gasteiger partial charge in [0.05, 0.1) is 6.61 Å². The van der Waals surface area contributed by atoms with Crippen LogP contribution in [-0.4, -0.2) is 52.8 Å². The summed E-state index contributed by atoms with van der Waals surface area (Å²) in [6.07, 6.45) is 5.42. The summed E-state index contributed by atoms with van der Waals surface area (Å²) in [5.74, 6) is -1.72. The van der Waals surface area contributed by atoms with Crippen molar-refractivity contribution in [1.29, 1.82) is 0 Å². The van der Waals surface area contributed by atoms with Crippen molar-refractivity contribution in [3.63, 3.8) is 0 Å². The second-order valence-corrected chi connectivity index (χ2v) is 11.7. The molecule has 2 atom stereocenters. The Labute approximate surface area is 249 Å². The number of ketones is 1. The number of likely N-dealkylation sites (tertiary alicyclic amines) is 1. The molecule has 1 aliphatic rings. The van der Waals surface area contributed by atoms with Gasteiger partial charge in [0.25, 0.3) is 5.91 Å². The molecule has 8 nitrogen and oxygen atoms in total. The summed E-state index contributed by atoms with van der Waals surface area (Å²) in [4.78, 5) is 52.0. The first kappa shape index (κ1) is 32.8. The summed E-state index contributed by atoms with van der Waals surface area (Å²) in [6, 6.07) is 16.7. The predicted octanol–water partition coefficient (Wildman–Crippen LogP) is 6.31. The van der Waals surface area contributed by atoms with Gasteiger partial charge in [0.2, 0.25) is 5.78 Å². The van der Waals surface area contributed by atoms with Crippen LogP contribution >= 0.6 is 0 Å². The Balaban J connectivity index is 1.74. The third-order valence-electron chi connectivity index (χ3n) is 8.06. The largest absolute Gasteiger partial charge is 0.494 e. The molecule has 1 heterocycles. The molecule has 1 aliphatic heterocycles. The zero-order valence-corrected chi connectivity index (χ0v) is 25.2. The molecule has 2 aromatic carbocycles. The van der Waals surface area contributed by atoms with Crippen LogP contribution in [0.3, 0.4) is 0 Å². The summed E-state index contributed by atoms with van der Waals surface area (Å²) in [6.45, 7) is 6.21. The van der Waals surface area contributed by atoms with E-state index < -0.39 is 41.2 Å². The number of carboxylic acid groups (broad SMARTS) is 1. The van der Waals surface area contributed by atoms with Crippen molar-refractivity contribution in [1.82, 2.24) is 4.90 Å². The lowest BCUT2D eigenvalue weighted by atomic mass is 9.84. The number of carbonyl (C=O) groups is 4. The summed E-state index contributed by atoms with van der Waals surface area (Å²) in [7, 11) is 0. The van der Waals surface area contributed by atoms with Crippen LogP contribution < -0.4 is 4.74 Å². The van der Waals surface area contributed by atoms with Crippen LogP contribution in [0.25, 0.3) is 0 Å². The zero-order chi connectivity index (χ0) is 30.5. The number of amides is 1. The first-order valence-corrected chi connectivity index (χ1v) is 15.2. The fourth-order valence-electron chi connectivity index (χ4n) is 5.00. The van der Waals surface area contributed by atoms with E-state index in [1.165, 1.54) is 4.90 Å². The van der Waals surface area contributed by atoms with Gasteiger partial charge >= 0.3 is 11.9 Å². The Morgan fingerprint density at radius 3 is 2.48 bits per heavy atom. The molecular weight excluding hydrogens is 534 g/mol. The van der Waals surface area contributed by atoms with Crippen LogP contribution in [0.4, 0.5) is 0 Å². The van der Waals surface area contributed by atoms with E-state index in [0.29, 0.717) is 51.0 Å². The second kappa shape index (κ2) is 16.1. The van der Waals surface area contributed by atoms with Crippen LogP contribution in [0, 0.1) is 5.41 Å². The molecular formula is C34H45NO7. The Morgan fingerprint density at radius 2 is 1.76 bits per heavy atom. The van der Waals surface area contributed by atoms with Gasteiger partial charge < -0.3 is 19.5 Å². The van der Waals surface area contributed by atoms with E-state index in [0.717, 1.165) is 36.8 Å². The third kappa shape index (κ3) is 9.71. The number of carboxylic acids is 1. The predicted molar refractivity (Wildman–Crippen MR) is 160 cm³/mol. The number of hydrogen-bond donors (Lipinski definition) is 1. The van der Waals surface area contributed by atoms with Crippen LogP contribution in [-0.2, 0) is 30.3 Å². The fraction of sp³-hybridized carbons (Fsp3) is 0.529. The zero-order valence-electron chi connectivity index (χ0n) is 25.2. The Kier molecular flexibility index (Phi) is 12.6. The first-order chi connectivity index (χ1) is 20.1. The molecule has 0 aromatic heterocycles. The van der Waals surface area contributed by atoms with E-state index in [1.54, 1.807) is 13.8 Å². The Bertz CT molecular complexity index is 1190. The minimum absolute atomic E-state index is 0.151. The Hall–Kier alpha value is -3.68. The molecule has 3 rings (SSSR count). The number of benzene rings is 2. The average Bonchev–Trinajstić information content (AvgIpc) is 3.00. The van der Waals surface area contributed by atoms with Gasteiger partial charge in [-0.1, -0.05) is 63.2 Å².